The maximum Gasteiger partial charge on any atom is 0.415 e. The maximum absolute atomic E-state index is 12.2. The SMILES string of the molecule is CN(Cc1cc(O)ccc1Br)CC(O)C(F)(F)F. The molecule has 3 nitrogen and oxygen atoms in total. The van der Waals surface area contributed by atoms with Crippen LogP contribution in [0.15, 0.2) is 22.7 Å². The molecule has 18 heavy (non-hydrogen) atoms. The number of aliphatic hydroxyl groups excluding tert-OH is 1. The Morgan fingerprint density at radius 2 is 2.00 bits per heavy atom. The van der Waals surface area contributed by atoms with Gasteiger partial charge in [0.25, 0.3) is 0 Å². The van der Waals surface area contributed by atoms with E-state index in [2.05, 4.69) is 15.9 Å². The molecule has 0 bridgehead atoms. The van der Waals surface area contributed by atoms with Crippen molar-refractivity contribution in [3.8, 4) is 5.75 Å². The van der Waals surface area contributed by atoms with Gasteiger partial charge < -0.3 is 10.2 Å². The number of nitrogens with zero attached hydrogens (tertiary/aromatic N) is 1. The number of alkyl halides is 3. The van der Waals surface area contributed by atoms with Gasteiger partial charge in [-0.15, -0.1) is 0 Å². The highest BCUT2D eigenvalue weighted by molar-refractivity contribution is 9.10. The maximum atomic E-state index is 12.2. The van der Waals surface area contributed by atoms with Crippen LogP contribution < -0.4 is 0 Å². The van der Waals surface area contributed by atoms with Crippen molar-refractivity contribution in [1.82, 2.24) is 4.90 Å². The summed E-state index contributed by atoms with van der Waals surface area (Å²) in [7, 11) is 1.46. The van der Waals surface area contributed by atoms with E-state index in [9.17, 15) is 18.3 Å². The number of hydrogen-bond donors (Lipinski definition) is 2. The number of hydrogen-bond acceptors (Lipinski definition) is 3. The molecule has 102 valence electrons. The third-order valence-electron chi connectivity index (χ3n) is 2.33. The molecule has 0 aliphatic heterocycles. The summed E-state index contributed by atoms with van der Waals surface area (Å²) in [6, 6.07) is 4.54. The van der Waals surface area contributed by atoms with Gasteiger partial charge in [0.15, 0.2) is 6.10 Å². The molecule has 0 heterocycles. The summed E-state index contributed by atoms with van der Waals surface area (Å²) in [6.45, 7) is -0.340. The Morgan fingerprint density at radius 3 is 2.56 bits per heavy atom. The second-order valence-electron chi connectivity index (χ2n) is 4.03. The molecule has 0 aromatic heterocycles. The van der Waals surface area contributed by atoms with Crippen LogP contribution in [0.5, 0.6) is 5.75 Å². The van der Waals surface area contributed by atoms with Crippen molar-refractivity contribution >= 4 is 15.9 Å². The molecule has 0 radical (unpaired) electrons. The Kier molecular flexibility index (Phi) is 5.01. The van der Waals surface area contributed by atoms with Gasteiger partial charge in [-0.1, -0.05) is 15.9 Å². The smallest absolute Gasteiger partial charge is 0.415 e. The molecule has 1 rings (SSSR count). The molecule has 1 aromatic rings. The zero-order chi connectivity index (χ0) is 13.9. The molecular weight excluding hydrogens is 315 g/mol. The lowest BCUT2D eigenvalue weighted by Gasteiger charge is -2.22. The van der Waals surface area contributed by atoms with Crippen molar-refractivity contribution in [2.24, 2.45) is 0 Å². The largest absolute Gasteiger partial charge is 0.508 e. The summed E-state index contributed by atoms with van der Waals surface area (Å²) in [4.78, 5) is 1.33. The van der Waals surface area contributed by atoms with Gasteiger partial charge in [0.2, 0.25) is 0 Å². The van der Waals surface area contributed by atoms with Crippen molar-refractivity contribution in [2.75, 3.05) is 13.6 Å². The molecule has 0 saturated heterocycles. The van der Waals surface area contributed by atoms with Crippen LogP contribution >= 0.6 is 15.9 Å². The van der Waals surface area contributed by atoms with E-state index < -0.39 is 18.8 Å². The second kappa shape index (κ2) is 5.90. The van der Waals surface area contributed by atoms with Crippen LogP contribution in [0, 0.1) is 0 Å². The fourth-order valence-electron chi connectivity index (χ4n) is 1.44. The monoisotopic (exact) mass is 327 g/mol. The highest BCUT2D eigenvalue weighted by Gasteiger charge is 2.38. The minimum atomic E-state index is -4.62. The third-order valence-corrected chi connectivity index (χ3v) is 3.11. The molecule has 1 unspecified atom stereocenters. The van der Waals surface area contributed by atoms with E-state index in [4.69, 9.17) is 5.11 Å². The molecular formula is C11H13BrF3NO2. The fraction of sp³-hybridized carbons (Fsp3) is 0.455. The van der Waals surface area contributed by atoms with E-state index in [1.165, 1.54) is 24.1 Å². The van der Waals surface area contributed by atoms with Gasteiger partial charge in [0, 0.05) is 17.6 Å². The summed E-state index contributed by atoms with van der Waals surface area (Å²) in [5.41, 5.74) is 0.645. The molecule has 0 aliphatic carbocycles. The average molecular weight is 328 g/mol. The van der Waals surface area contributed by atoms with Gasteiger partial charge in [0.05, 0.1) is 0 Å². The van der Waals surface area contributed by atoms with E-state index in [1.807, 2.05) is 0 Å². The number of phenols is 1. The molecule has 0 spiro atoms. The second-order valence-corrected chi connectivity index (χ2v) is 4.88. The summed E-state index contributed by atoms with van der Waals surface area (Å²) in [5, 5.41) is 18.2. The van der Waals surface area contributed by atoms with Gasteiger partial charge in [-0.05, 0) is 30.8 Å². The molecule has 2 N–H and O–H groups in total. The molecule has 0 amide bonds. The lowest BCUT2D eigenvalue weighted by molar-refractivity contribution is -0.207. The number of benzene rings is 1. The molecule has 7 heteroatoms. The zero-order valence-corrected chi connectivity index (χ0v) is 11.2. The Labute approximate surface area is 111 Å². The molecule has 0 saturated carbocycles. The normalized spacial score (nSPS) is 13.9. The highest BCUT2D eigenvalue weighted by Crippen LogP contribution is 2.24. The van der Waals surface area contributed by atoms with E-state index in [0.29, 0.717) is 10.0 Å². The first-order chi connectivity index (χ1) is 8.20. The number of aliphatic hydroxyl groups is 1. The summed E-state index contributed by atoms with van der Waals surface area (Å²) >= 11 is 3.24. The van der Waals surface area contributed by atoms with Gasteiger partial charge in [-0.25, -0.2) is 0 Å². The topological polar surface area (TPSA) is 43.7 Å². The Bertz CT molecular complexity index is 412. The minimum Gasteiger partial charge on any atom is -0.508 e. The first-order valence-corrected chi connectivity index (χ1v) is 5.90. The number of halogens is 4. The van der Waals surface area contributed by atoms with E-state index in [1.54, 1.807) is 6.07 Å². The van der Waals surface area contributed by atoms with Crippen molar-refractivity contribution in [3.05, 3.63) is 28.2 Å². The predicted molar refractivity (Wildman–Crippen MR) is 64.2 cm³/mol. The average Bonchev–Trinajstić information content (AvgIpc) is 2.22. The lowest BCUT2D eigenvalue weighted by atomic mass is 10.2. The van der Waals surface area contributed by atoms with E-state index in [-0.39, 0.29) is 12.3 Å². The van der Waals surface area contributed by atoms with Crippen molar-refractivity contribution in [2.45, 2.75) is 18.8 Å². The van der Waals surface area contributed by atoms with E-state index in [0.717, 1.165) is 0 Å². The van der Waals surface area contributed by atoms with Crippen LogP contribution in [0.3, 0.4) is 0 Å². The summed E-state index contributed by atoms with van der Waals surface area (Å²) in [5.74, 6) is 0.0398. The van der Waals surface area contributed by atoms with Gasteiger partial charge in [0.1, 0.15) is 5.75 Å². The predicted octanol–water partition coefficient (Wildman–Crippen LogP) is 2.51. The molecule has 0 aliphatic rings. The van der Waals surface area contributed by atoms with Crippen molar-refractivity contribution < 1.29 is 23.4 Å². The first-order valence-electron chi connectivity index (χ1n) is 5.11. The Morgan fingerprint density at radius 1 is 1.39 bits per heavy atom. The molecule has 1 atom stereocenters. The summed E-state index contributed by atoms with van der Waals surface area (Å²) in [6.07, 6.45) is -7.00. The quantitative estimate of drug-likeness (QED) is 0.893. The number of likely N-dealkylation sites (N-methyl/N-ethyl adjacent to an activating group) is 1. The third kappa shape index (κ3) is 4.47. The number of phenolic OH excluding ortho intramolecular Hbond substituents is 1. The lowest BCUT2D eigenvalue weighted by Crippen LogP contribution is -2.39. The van der Waals surface area contributed by atoms with Crippen LogP contribution in [0.25, 0.3) is 0 Å². The Balaban J connectivity index is 2.65. The van der Waals surface area contributed by atoms with E-state index >= 15 is 0 Å². The number of rotatable bonds is 4. The van der Waals surface area contributed by atoms with Crippen LogP contribution in [-0.2, 0) is 6.54 Å². The van der Waals surface area contributed by atoms with Crippen molar-refractivity contribution in [1.29, 1.82) is 0 Å². The minimum absolute atomic E-state index is 0.0398. The van der Waals surface area contributed by atoms with Crippen LogP contribution in [0.2, 0.25) is 0 Å². The number of aromatic hydroxyl groups is 1. The Hall–Kier alpha value is -0.790. The summed E-state index contributed by atoms with van der Waals surface area (Å²) < 4.78 is 37.2. The van der Waals surface area contributed by atoms with Crippen LogP contribution in [0.4, 0.5) is 13.2 Å². The van der Waals surface area contributed by atoms with Gasteiger partial charge >= 0.3 is 6.18 Å². The fourth-order valence-corrected chi connectivity index (χ4v) is 1.81. The van der Waals surface area contributed by atoms with Crippen LogP contribution in [-0.4, -0.2) is 41.0 Å². The highest BCUT2D eigenvalue weighted by atomic mass is 79.9. The van der Waals surface area contributed by atoms with Gasteiger partial charge in [-0.3, -0.25) is 4.90 Å². The molecule has 0 fully saturated rings. The van der Waals surface area contributed by atoms with Crippen molar-refractivity contribution in [3.63, 3.8) is 0 Å². The molecule has 1 aromatic carbocycles. The van der Waals surface area contributed by atoms with Gasteiger partial charge in [-0.2, -0.15) is 13.2 Å². The standard InChI is InChI=1S/C11H13BrF3NO2/c1-16(6-10(18)11(13,14)15)5-7-4-8(17)2-3-9(7)12/h2-4,10,17-18H,5-6H2,1H3. The first kappa shape index (κ1) is 15.3. The zero-order valence-electron chi connectivity index (χ0n) is 9.58. The van der Waals surface area contributed by atoms with Crippen LogP contribution in [0.1, 0.15) is 5.56 Å².